The zero-order chi connectivity index (χ0) is 22.5. The summed E-state index contributed by atoms with van der Waals surface area (Å²) in [6.07, 6.45) is 9.45. The molecule has 30 heavy (non-hydrogen) atoms. The molecule has 0 aromatic heterocycles. The highest BCUT2D eigenvalue weighted by Crippen LogP contribution is 2.35. The summed E-state index contributed by atoms with van der Waals surface area (Å²) >= 11 is 0. The Morgan fingerprint density at radius 2 is 1.97 bits per heavy atom. The quantitative estimate of drug-likeness (QED) is 0.312. The van der Waals surface area contributed by atoms with E-state index in [1.165, 1.54) is 16.7 Å². The first-order valence-electron chi connectivity index (χ1n) is 10.4. The van der Waals surface area contributed by atoms with E-state index in [-0.39, 0.29) is 11.5 Å². The van der Waals surface area contributed by atoms with E-state index in [2.05, 4.69) is 81.1 Å². The Morgan fingerprint density at radius 1 is 1.27 bits per heavy atom. The van der Waals surface area contributed by atoms with Gasteiger partial charge in [-0.15, -0.1) is 0 Å². The summed E-state index contributed by atoms with van der Waals surface area (Å²) < 4.78 is 0. The molecule has 0 bridgehead atoms. The number of aliphatic imine (C=N–C) groups is 1. The Hall–Kier alpha value is -3.01. The zero-order valence-corrected chi connectivity index (χ0v) is 19.4. The second-order valence-electron chi connectivity index (χ2n) is 8.29. The SMILES string of the molecule is C=C(C)C(C)(C)c1ccc(C2C=C(N=CC)C(C)=C(NC(/C=C\C)=C/N)N2)cc1C. The minimum absolute atomic E-state index is 0.000205. The van der Waals surface area contributed by atoms with Gasteiger partial charge in [-0.05, 0) is 63.5 Å². The highest BCUT2D eigenvalue weighted by atomic mass is 15.1. The van der Waals surface area contributed by atoms with Crippen LogP contribution in [0.15, 0.2) is 82.6 Å². The van der Waals surface area contributed by atoms with Crippen LogP contribution in [0, 0.1) is 6.92 Å². The van der Waals surface area contributed by atoms with E-state index in [9.17, 15) is 0 Å². The van der Waals surface area contributed by atoms with E-state index in [4.69, 9.17) is 5.73 Å². The Labute approximate surface area is 182 Å². The van der Waals surface area contributed by atoms with E-state index < -0.39 is 0 Å². The standard InChI is InChI=1S/C26H36N4/c1-9-11-21(16-27)29-25-19(6)23(28-10-2)15-24(30-25)20-12-13-22(18(5)14-20)26(7,8)17(3)4/h9-16,24,29-30H,3,27H2,1-2,4-8H3/b11-9-,21-16+,28-10?. The molecule has 1 aliphatic rings. The maximum atomic E-state index is 5.78. The van der Waals surface area contributed by atoms with Gasteiger partial charge in [0, 0.05) is 23.4 Å². The Kier molecular flexibility index (Phi) is 7.49. The van der Waals surface area contributed by atoms with Crippen LogP contribution in [0.2, 0.25) is 0 Å². The highest BCUT2D eigenvalue weighted by molar-refractivity contribution is 5.58. The summed E-state index contributed by atoms with van der Waals surface area (Å²) in [5.41, 5.74) is 13.5. The molecular weight excluding hydrogens is 368 g/mol. The molecule has 0 radical (unpaired) electrons. The molecule has 1 heterocycles. The summed E-state index contributed by atoms with van der Waals surface area (Å²) in [6, 6.07) is 6.67. The van der Waals surface area contributed by atoms with Crippen molar-refractivity contribution in [2.75, 3.05) is 0 Å². The fourth-order valence-corrected chi connectivity index (χ4v) is 3.58. The maximum Gasteiger partial charge on any atom is 0.109 e. The minimum atomic E-state index is -0.0629. The van der Waals surface area contributed by atoms with Gasteiger partial charge in [0.15, 0.2) is 0 Å². The van der Waals surface area contributed by atoms with Gasteiger partial charge in [0.2, 0.25) is 0 Å². The lowest BCUT2D eigenvalue weighted by Gasteiger charge is -2.30. The number of nitrogens with one attached hydrogen (secondary N) is 2. The van der Waals surface area contributed by atoms with Gasteiger partial charge in [-0.2, -0.15) is 0 Å². The average Bonchev–Trinajstić information content (AvgIpc) is 2.70. The first-order chi connectivity index (χ1) is 14.1. The monoisotopic (exact) mass is 404 g/mol. The van der Waals surface area contributed by atoms with E-state index in [1.807, 2.05) is 32.2 Å². The zero-order valence-electron chi connectivity index (χ0n) is 19.4. The summed E-state index contributed by atoms with van der Waals surface area (Å²) in [5.74, 6) is 0.905. The number of hydrogen-bond donors (Lipinski definition) is 3. The molecule has 1 aliphatic heterocycles. The van der Waals surface area contributed by atoms with Gasteiger partial charge in [-0.3, -0.25) is 4.99 Å². The predicted molar refractivity (Wildman–Crippen MR) is 130 cm³/mol. The number of nitrogens with zero attached hydrogens (tertiary/aromatic N) is 1. The lowest BCUT2D eigenvalue weighted by Crippen LogP contribution is -2.33. The van der Waals surface area contributed by atoms with Crippen molar-refractivity contribution in [3.8, 4) is 0 Å². The van der Waals surface area contributed by atoms with E-state index in [0.29, 0.717) is 0 Å². The summed E-state index contributed by atoms with van der Waals surface area (Å²) in [4.78, 5) is 4.59. The molecule has 1 atom stereocenters. The Balaban J connectivity index is 2.45. The van der Waals surface area contributed by atoms with Crippen molar-refractivity contribution in [3.05, 3.63) is 94.3 Å². The Morgan fingerprint density at radius 3 is 2.50 bits per heavy atom. The molecule has 4 nitrogen and oxygen atoms in total. The van der Waals surface area contributed by atoms with Crippen LogP contribution < -0.4 is 16.4 Å². The molecule has 0 aliphatic carbocycles. The van der Waals surface area contributed by atoms with Crippen LogP contribution in [0.25, 0.3) is 0 Å². The van der Waals surface area contributed by atoms with Crippen molar-refractivity contribution in [1.82, 2.24) is 10.6 Å². The molecular formula is C26H36N4. The lowest BCUT2D eigenvalue weighted by molar-refractivity contribution is 0.616. The van der Waals surface area contributed by atoms with E-state index in [1.54, 1.807) is 6.20 Å². The largest absolute Gasteiger partial charge is 0.403 e. The fourth-order valence-electron chi connectivity index (χ4n) is 3.58. The van der Waals surface area contributed by atoms with Gasteiger partial charge < -0.3 is 16.4 Å². The molecule has 0 saturated carbocycles. The van der Waals surface area contributed by atoms with Crippen molar-refractivity contribution in [3.63, 3.8) is 0 Å². The molecule has 1 aromatic rings. The van der Waals surface area contributed by atoms with Crippen LogP contribution in [0.5, 0.6) is 0 Å². The molecule has 0 saturated heterocycles. The number of allylic oxidation sites excluding steroid dienone is 4. The van der Waals surface area contributed by atoms with Crippen LogP contribution in [-0.2, 0) is 5.41 Å². The summed E-state index contributed by atoms with van der Waals surface area (Å²) in [6.45, 7) is 18.8. The molecule has 4 heteroatoms. The number of dihydropyridines is 1. The number of nitrogens with two attached hydrogens (primary N) is 1. The molecule has 0 amide bonds. The van der Waals surface area contributed by atoms with Gasteiger partial charge in [0.25, 0.3) is 0 Å². The molecule has 160 valence electrons. The lowest BCUT2D eigenvalue weighted by atomic mass is 9.76. The third kappa shape index (κ3) is 4.93. The molecule has 0 fully saturated rings. The van der Waals surface area contributed by atoms with Crippen molar-refractivity contribution in [2.45, 2.75) is 59.9 Å². The molecule has 4 N–H and O–H groups in total. The maximum absolute atomic E-state index is 5.78. The van der Waals surface area contributed by atoms with Crippen LogP contribution in [0.4, 0.5) is 0 Å². The van der Waals surface area contributed by atoms with Gasteiger partial charge in [-0.25, -0.2) is 0 Å². The van der Waals surface area contributed by atoms with Gasteiger partial charge in [-0.1, -0.05) is 50.3 Å². The van der Waals surface area contributed by atoms with Crippen LogP contribution in [0.1, 0.15) is 64.3 Å². The second-order valence-corrected chi connectivity index (χ2v) is 8.29. The second kappa shape index (κ2) is 9.66. The predicted octanol–water partition coefficient (Wildman–Crippen LogP) is 5.66. The van der Waals surface area contributed by atoms with Crippen molar-refractivity contribution in [2.24, 2.45) is 10.7 Å². The normalized spacial score (nSPS) is 18.0. The third-order valence-electron chi connectivity index (χ3n) is 5.80. The smallest absolute Gasteiger partial charge is 0.109 e. The highest BCUT2D eigenvalue weighted by Gasteiger charge is 2.25. The van der Waals surface area contributed by atoms with Gasteiger partial charge in [0.1, 0.15) is 5.82 Å². The van der Waals surface area contributed by atoms with Crippen LogP contribution in [0.3, 0.4) is 0 Å². The van der Waals surface area contributed by atoms with Gasteiger partial charge in [0.05, 0.1) is 17.4 Å². The number of aryl methyl sites for hydroxylation is 1. The summed E-state index contributed by atoms with van der Waals surface area (Å²) in [5, 5.41) is 7.01. The number of hydrogen-bond acceptors (Lipinski definition) is 4. The third-order valence-corrected chi connectivity index (χ3v) is 5.80. The van der Waals surface area contributed by atoms with E-state index in [0.717, 1.165) is 28.4 Å². The van der Waals surface area contributed by atoms with Crippen molar-refractivity contribution in [1.29, 1.82) is 0 Å². The molecule has 0 spiro atoms. The van der Waals surface area contributed by atoms with Crippen LogP contribution in [-0.4, -0.2) is 6.21 Å². The first-order valence-corrected chi connectivity index (χ1v) is 10.4. The average molecular weight is 405 g/mol. The fraction of sp³-hybridized carbons (Fsp3) is 0.346. The topological polar surface area (TPSA) is 62.4 Å². The number of benzene rings is 1. The molecule has 1 aromatic carbocycles. The van der Waals surface area contributed by atoms with Crippen molar-refractivity contribution >= 4 is 6.21 Å². The van der Waals surface area contributed by atoms with E-state index >= 15 is 0 Å². The summed E-state index contributed by atoms with van der Waals surface area (Å²) in [7, 11) is 0. The van der Waals surface area contributed by atoms with Crippen molar-refractivity contribution < 1.29 is 0 Å². The molecule has 1 unspecified atom stereocenters. The Bertz CT molecular complexity index is 955. The first kappa shape index (κ1) is 23.3. The van der Waals surface area contributed by atoms with Gasteiger partial charge >= 0.3 is 0 Å². The van der Waals surface area contributed by atoms with Crippen LogP contribution >= 0.6 is 0 Å². The minimum Gasteiger partial charge on any atom is -0.403 e. The number of rotatable bonds is 7. The molecule has 2 rings (SSSR count).